The molecule has 1 fully saturated rings. The van der Waals surface area contributed by atoms with Crippen molar-refractivity contribution in [3.05, 3.63) is 16.1 Å². The summed E-state index contributed by atoms with van der Waals surface area (Å²) in [6.07, 6.45) is 3.74. The van der Waals surface area contributed by atoms with E-state index in [1.54, 1.807) is 11.3 Å². The second kappa shape index (κ2) is 8.89. The van der Waals surface area contributed by atoms with Crippen molar-refractivity contribution in [3.63, 3.8) is 0 Å². The van der Waals surface area contributed by atoms with E-state index in [1.165, 1.54) is 0 Å². The Morgan fingerprint density at radius 3 is 2.76 bits per heavy atom. The zero-order valence-electron chi connectivity index (χ0n) is 12.7. The van der Waals surface area contributed by atoms with E-state index in [2.05, 4.69) is 26.0 Å². The highest BCUT2D eigenvalue weighted by atomic mass is 127. The van der Waals surface area contributed by atoms with Crippen LogP contribution in [0.1, 0.15) is 36.9 Å². The number of aryl methyl sites for hydroxylation is 1. The summed E-state index contributed by atoms with van der Waals surface area (Å²) < 4.78 is 0. The van der Waals surface area contributed by atoms with Crippen LogP contribution >= 0.6 is 35.3 Å². The Labute approximate surface area is 147 Å². The van der Waals surface area contributed by atoms with E-state index >= 15 is 0 Å². The molecule has 0 spiro atoms. The number of nitrogens with one attached hydrogen (secondary N) is 2. The summed E-state index contributed by atoms with van der Waals surface area (Å²) in [4.78, 5) is 8.91. The molecule has 1 aliphatic carbocycles. The van der Waals surface area contributed by atoms with Gasteiger partial charge in [0.15, 0.2) is 5.96 Å². The van der Waals surface area contributed by atoms with E-state index in [0.717, 1.165) is 55.4 Å². The average molecular weight is 424 g/mol. The molecular weight excluding hydrogens is 399 g/mol. The van der Waals surface area contributed by atoms with Crippen molar-refractivity contribution in [1.82, 2.24) is 15.6 Å². The number of thiazole rings is 1. The third-order valence-electron chi connectivity index (χ3n) is 3.50. The van der Waals surface area contributed by atoms with E-state index in [-0.39, 0.29) is 24.0 Å². The Balaban J connectivity index is 0.00000220. The predicted octanol–water partition coefficient (Wildman–Crippen LogP) is 2.08. The molecule has 0 amide bonds. The normalized spacial score (nSPS) is 16.8. The SMILES string of the molecule is CCNC(=NCC1(O)CCC1)NCCc1csc(C)n1.I. The first-order chi connectivity index (χ1) is 9.61. The molecule has 1 saturated carbocycles. The fourth-order valence-electron chi connectivity index (χ4n) is 2.14. The lowest BCUT2D eigenvalue weighted by atomic mass is 9.80. The van der Waals surface area contributed by atoms with Crippen LogP contribution in [0.15, 0.2) is 10.4 Å². The van der Waals surface area contributed by atoms with Crippen molar-refractivity contribution in [2.24, 2.45) is 4.99 Å². The van der Waals surface area contributed by atoms with Gasteiger partial charge >= 0.3 is 0 Å². The lowest BCUT2D eigenvalue weighted by Crippen LogP contribution is -2.43. The van der Waals surface area contributed by atoms with Crippen molar-refractivity contribution in [1.29, 1.82) is 0 Å². The molecular formula is C14H25IN4OS. The van der Waals surface area contributed by atoms with Gasteiger partial charge in [0, 0.05) is 24.9 Å². The van der Waals surface area contributed by atoms with Crippen molar-refractivity contribution in [3.8, 4) is 0 Å². The smallest absolute Gasteiger partial charge is 0.191 e. The summed E-state index contributed by atoms with van der Waals surface area (Å²) in [5, 5.41) is 19.8. The molecule has 3 N–H and O–H groups in total. The van der Waals surface area contributed by atoms with Gasteiger partial charge in [-0.2, -0.15) is 0 Å². The predicted molar refractivity (Wildman–Crippen MR) is 98.8 cm³/mol. The Morgan fingerprint density at radius 2 is 2.24 bits per heavy atom. The van der Waals surface area contributed by atoms with Gasteiger partial charge in [-0.15, -0.1) is 35.3 Å². The first-order valence-electron chi connectivity index (χ1n) is 7.27. The first-order valence-corrected chi connectivity index (χ1v) is 8.15. The number of aromatic nitrogens is 1. The van der Waals surface area contributed by atoms with Gasteiger partial charge in [-0.05, 0) is 33.1 Å². The molecule has 0 saturated heterocycles. The maximum Gasteiger partial charge on any atom is 0.191 e. The zero-order valence-corrected chi connectivity index (χ0v) is 15.8. The molecule has 1 aromatic rings. The van der Waals surface area contributed by atoms with Gasteiger partial charge in [-0.1, -0.05) is 0 Å². The molecule has 120 valence electrons. The summed E-state index contributed by atoms with van der Waals surface area (Å²) >= 11 is 1.68. The molecule has 0 atom stereocenters. The number of rotatable bonds is 6. The van der Waals surface area contributed by atoms with Crippen LogP contribution in [-0.2, 0) is 6.42 Å². The maximum absolute atomic E-state index is 10.1. The Kier molecular flexibility index (Phi) is 7.89. The minimum absolute atomic E-state index is 0. The van der Waals surface area contributed by atoms with Gasteiger partial charge in [-0.25, -0.2) is 4.98 Å². The van der Waals surface area contributed by atoms with Crippen LogP contribution in [0.2, 0.25) is 0 Å². The van der Waals surface area contributed by atoms with Gasteiger partial charge in [0.2, 0.25) is 0 Å². The minimum Gasteiger partial charge on any atom is -0.388 e. The molecule has 7 heteroatoms. The summed E-state index contributed by atoms with van der Waals surface area (Å²) in [6, 6.07) is 0. The number of nitrogens with zero attached hydrogens (tertiary/aromatic N) is 2. The highest BCUT2D eigenvalue weighted by molar-refractivity contribution is 14.0. The van der Waals surface area contributed by atoms with Gasteiger partial charge < -0.3 is 15.7 Å². The summed E-state index contributed by atoms with van der Waals surface area (Å²) in [7, 11) is 0. The third kappa shape index (κ3) is 6.07. The molecule has 0 radical (unpaired) electrons. The average Bonchev–Trinajstić information content (AvgIpc) is 2.79. The van der Waals surface area contributed by atoms with Gasteiger partial charge in [0.1, 0.15) is 0 Å². The van der Waals surface area contributed by atoms with Crippen LogP contribution in [0.25, 0.3) is 0 Å². The van der Waals surface area contributed by atoms with Crippen LogP contribution in [0.3, 0.4) is 0 Å². The van der Waals surface area contributed by atoms with Crippen LogP contribution in [0.4, 0.5) is 0 Å². The fraction of sp³-hybridized carbons (Fsp3) is 0.714. The molecule has 1 aliphatic rings. The second-order valence-electron chi connectivity index (χ2n) is 5.31. The van der Waals surface area contributed by atoms with Gasteiger partial charge in [-0.3, -0.25) is 4.99 Å². The lowest BCUT2D eigenvalue weighted by Gasteiger charge is -2.35. The summed E-state index contributed by atoms with van der Waals surface area (Å²) in [6.45, 7) is 6.16. The number of aliphatic imine (C=N–C) groups is 1. The van der Waals surface area contributed by atoms with E-state index in [1.807, 2.05) is 13.8 Å². The van der Waals surface area contributed by atoms with E-state index < -0.39 is 5.60 Å². The topological polar surface area (TPSA) is 69.5 Å². The van der Waals surface area contributed by atoms with Crippen molar-refractivity contribution in [2.45, 2.75) is 45.1 Å². The molecule has 0 bridgehead atoms. The maximum atomic E-state index is 10.1. The van der Waals surface area contributed by atoms with Crippen LogP contribution in [-0.4, -0.2) is 41.3 Å². The Morgan fingerprint density at radius 1 is 1.48 bits per heavy atom. The molecule has 0 aromatic carbocycles. The molecule has 2 rings (SSSR count). The summed E-state index contributed by atoms with van der Waals surface area (Å²) in [5.41, 5.74) is 0.558. The highest BCUT2D eigenvalue weighted by Gasteiger charge is 2.34. The second-order valence-corrected chi connectivity index (χ2v) is 6.37. The lowest BCUT2D eigenvalue weighted by molar-refractivity contribution is -0.0236. The standard InChI is InChI=1S/C14H24N4OS.HI/c1-3-15-13(17-10-14(19)6-4-7-14)16-8-5-12-9-20-11(2)18-12;/h9,19H,3-8,10H2,1-2H3,(H2,15,16,17);1H. The fourth-order valence-corrected chi connectivity index (χ4v) is 2.79. The molecule has 0 aliphatic heterocycles. The number of halogens is 1. The van der Waals surface area contributed by atoms with Gasteiger partial charge in [0.05, 0.1) is 22.8 Å². The largest absolute Gasteiger partial charge is 0.388 e. The van der Waals surface area contributed by atoms with Crippen LogP contribution < -0.4 is 10.6 Å². The Hall–Kier alpha value is -0.410. The Bertz CT molecular complexity index is 460. The third-order valence-corrected chi connectivity index (χ3v) is 4.32. The number of aliphatic hydroxyl groups is 1. The van der Waals surface area contributed by atoms with Crippen molar-refractivity contribution >= 4 is 41.3 Å². The summed E-state index contributed by atoms with van der Waals surface area (Å²) in [5.74, 6) is 0.778. The number of hydrogen-bond donors (Lipinski definition) is 3. The highest BCUT2D eigenvalue weighted by Crippen LogP contribution is 2.31. The molecule has 1 heterocycles. The molecule has 5 nitrogen and oxygen atoms in total. The van der Waals surface area contributed by atoms with E-state index in [9.17, 15) is 5.11 Å². The molecule has 1 aromatic heterocycles. The van der Waals surface area contributed by atoms with Crippen molar-refractivity contribution in [2.75, 3.05) is 19.6 Å². The number of guanidine groups is 1. The van der Waals surface area contributed by atoms with E-state index in [4.69, 9.17) is 0 Å². The minimum atomic E-state index is -0.561. The quantitative estimate of drug-likeness (QED) is 0.372. The molecule has 21 heavy (non-hydrogen) atoms. The van der Waals surface area contributed by atoms with Crippen LogP contribution in [0, 0.1) is 6.92 Å². The van der Waals surface area contributed by atoms with E-state index in [0.29, 0.717) is 6.54 Å². The zero-order chi connectivity index (χ0) is 14.4. The van der Waals surface area contributed by atoms with Crippen LogP contribution in [0.5, 0.6) is 0 Å². The number of hydrogen-bond acceptors (Lipinski definition) is 4. The first kappa shape index (κ1) is 18.6. The monoisotopic (exact) mass is 424 g/mol. The molecule has 0 unspecified atom stereocenters. The van der Waals surface area contributed by atoms with Gasteiger partial charge in [0.25, 0.3) is 0 Å². The van der Waals surface area contributed by atoms with Crippen molar-refractivity contribution < 1.29 is 5.11 Å².